The van der Waals surface area contributed by atoms with E-state index >= 15 is 13.2 Å². The first-order chi connectivity index (χ1) is 18.4. The summed E-state index contributed by atoms with van der Waals surface area (Å²) in [4.78, 5) is 0. The van der Waals surface area contributed by atoms with Gasteiger partial charge in [0, 0.05) is 0 Å². The first kappa shape index (κ1) is 28.4. The maximum atomic E-state index is 15.2. The topological polar surface area (TPSA) is 0 Å². The number of alkyl halides is 4. The third kappa shape index (κ3) is 6.50. The SMILES string of the molecule is C=CC1CC=C(C2=CC=C(c3ccc(C4=CC=C(CCCCCCCC)C(F)C4F)cc3)C(F)C2F)CC1. The van der Waals surface area contributed by atoms with E-state index in [1.54, 1.807) is 48.6 Å². The molecule has 38 heavy (non-hydrogen) atoms. The molecule has 0 N–H and O–H groups in total. The molecule has 0 bridgehead atoms. The van der Waals surface area contributed by atoms with E-state index in [0.717, 1.165) is 44.1 Å². The lowest BCUT2D eigenvalue weighted by Crippen LogP contribution is -2.26. The lowest BCUT2D eigenvalue weighted by atomic mass is 9.81. The van der Waals surface area contributed by atoms with E-state index in [1.807, 2.05) is 12.2 Å². The molecule has 3 aliphatic carbocycles. The highest BCUT2D eigenvalue weighted by atomic mass is 19.2. The van der Waals surface area contributed by atoms with Gasteiger partial charge in [-0.25, -0.2) is 17.6 Å². The highest BCUT2D eigenvalue weighted by Crippen LogP contribution is 2.39. The number of allylic oxidation sites excluding steroid dienone is 11. The van der Waals surface area contributed by atoms with Crippen molar-refractivity contribution >= 4 is 11.1 Å². The van der Waals surface area contributed by atoms with E-state index in [4.69, 9.17) is 0 Å². The van der Waals surface area contributed by atoms with Crippen molar-refractivity contribution in [3.63, 3.8) is 0 Å². The predicted molar refractivity (Wildman–Crippen MR) is 152 cm³/mol. The minimum atomic E-state index is -1.77. The zero-order chi connectivity index (χ0) is 27.1. The van der Waals surface area contributed by atoms with Crippen LogP contribution < -0.4 is 0 Å². The van der Waals surface area contributed by atoms with Gasteiger partial charge in [0.15, 0.2) is 24.7 Å². The number of unbranched alkanes of at least 4 members (excludes halogenated alkanes) is 5. The highest BCUT2D eigenvalue weighted by molar-refractivity contribution is 5.78. The number of hydrogen-bond donors (Lipinski definition) is 0. The van der Waals surface area contributed by atoms with Gasteiger partial charge < -0.3 is 0 Å². The van der Waals surface area contributed by atoms with E-state index in [2.05, 4.69) is 13.5 Å². The van der Waals surface area contributed by atoms with Crippen molar-refractivity contribution in [2.45, 2.75) is 95.8 Å². The molecule has 5 atom stereocenters. The molecule has 0 saturated carbocycles. The van der Waals surface area contributed by atoms with Gasteiger partial charge in [0.1, 0.15) is 0 Å². The molecule has 0 radical (unpaired) electrons. The van der Waals surface area contributed by atoms with Crippen LogP contribution in [0.25, 0.3) is 11.1 Å². The fourth-order valence-corrected chi connectivity index (χ4v) is 5.72. The van der Waals surface area contributed by atoms with Gasteiger partial charge >= 0.3 is 0 Å². The molecule has 0 fully saturated rings. The quantitative estimate of drug-likeness (QED) is 0.153. The van der Waals surface area contributed by atoms with Crippen LogP contribution in [0.3, 0.4) is 0 Å². The summed E-state index contributed by atoms with van der Waals surface area (Å²) < 4.78 is 60.3. The number of halogens is 4. The Bertz CT molecular complexity index is 1120. The van der Waals surface area contributed by atoms with E-state index < -0.39 is 24.7 Å². The first-order valence-corrected chi connectivity index (χ1v) is 14.3. The summed E-state index contributed by atoms with van der Waals surface area (Å²) in [6.07, 6.45) is 13.4. The van der Waals surface area contributed by atoms with E-state index in [0.29, 0.717) is 34.6 Å². The molecular formula is C34H40F4. The molecule has 1 aromatic rings. The van der Waals surface area contributed by atoms with Crippen molar-refractivity contribution in [2.24, 2.45) is 5.92 Å². The molecule has 5 unspecified atom stereocenters. The van der Waals surface area contributed by atoms with Crippen LogP contribution in [0.5, 0.6) is 0 Å². The fraction of sp³-hybridized carbons (Fsp3) is 0.471. The monoisotopic (exact) mass is 524 g/mol. The Hall–Kier alpha value is -2.62. The summed E-state index contributed by atoms with van der Waals surface area (Å²) in [5.41, 5.74) is 3.49. The van der Waals surface area contributed by atoms with Gasteiger partial charge in [-0.2, -0.15) is 0 Å². The van der Waals surface area contributed by atoms with Gasteiger partial charge in [0.25, 0.3) is 0 Å². The second-order valence-corrected chi connectivity index (χ2v) is 10.8. The fourth-order valence-electron chi connectivity index (χ4n) is 5.72. The van der Waals surface area contributed by atoms with Crippen LogP contribution in [0.15, 0.2) is 84.0 Å². The summed E-state index contributed by atoms with van der Waals surface area (Å²) in [7, 11) is 0. The number of hydrogen-bond acceptors (Lipinski definition) is 0. The maximum Gasteiger partial charge on any atom is 0.161 e. The van der Waals surface area contributed by atoms with Crippen molar-refractivity contribution in [1.29, 1.82) is 0 Å². The lowest BCUT2D eigenvalue weighted by molar-refractivity contribution is 0.237. The second-order valence-electron chi connectivity index (χ2n) is 10.8. The van der Waals surface area contributed by atoms with Crippen molar-refractivity contribution < 1.29 is 17.6 Å². The zero-order valence-corrected chi connectivity index (χ0v) is 22.5. The van der Waals surface area contributed by atoms with Crippen LogP contribution in [0.2, 0.25) is 0 Å². The average Bonchev–Trinajstić information content (AvgIpc) is 2.94. The van der Waals surface area contributed by atoms with Crippen LogP contribution in [-0.4, -0.2) is 24.7 Å². The summed E-state index contributed by atoms with van der Waals surface area (Å²) in [5, 5.41) is 0. The largest absolute Gasteiger partial charge is 0.239 e. The number of rotatable bonds is 11. The van der Waals surface area contributed by atoms with Crippen molar-refractivity contribution in [3.05, 3.63) is 95.1 Å². The van der Waals surface area contributed by atoms with Gasteiger partial charge in [-0.3, -0.25) is 0 Å². The Kier molecular flexibility index (Phi) is 10.0. The molecule has 0 aliphatic heterocycles. The van der Waals surface area contributed by atoms with Crippen molar-refractivity contribution in [3.8, 4) is 0 Å². The third-order valence-electron chi connectivity index (χ3n) is 8.21. The molecule has 0 spiro atoms. The lowest BCUT2D eigenvalue weighted by Gasteiger charge is -2.28. The molecule has 0 heterocycles. The molecule has 3 aliphatic rings. The van der Waals surface area contributed by atoms with Crippen LogP contribution >= 0.6 is 0 Å². The molecule has 0 nitrogen and oxygen atoms in total. The van der Waals surface area contributed by atoms with Crippen LogP contribution in [-0.2, 0) is 0 Å². The minimum Gasteiger partial charge on any atom is -0.239 e. The van der Waals surface area contributed by atoms with E-state index in [-0.39, 0.29) is 11.1 Å². The van der Waals surface area contributed by atoms with E-state index in [1.165, 1.54) is 19.3 Å². The van der Waals surface area contributed by atoms with Crippen LogP contribution in [0, 0.1) is 5.92 Å². The zero-order valence-electron chi connectivity index (χ0n) is 22.5. The standard InChI is InChI=1S/C34H40F4/c1-3-5-6-7-8-9-10-27-19-20-28(32(36)31(27)35)25-15-17-26(18-16-25)30-22-21-29(33(37)34(30)38)24-13-11-23(4-2)12-14-24/h4,13,15-23,31-34H,2-3,5-12,14H2,1H3. The van der Waals surface area contributed by atoms with Crippen LogP contribution in [0.1, 0.15) is 82.3 Å². The maximum absolute atomic E-state index is 15.2. The molecule has 4 heteroatoms. The first-order valence-electron chi connectivity index (χ1n) is 14.3. The Morgan fingerprint density at radius 1 is 0.737 bits per heavy atom. The van der Waals surface area contributed by atoms with Gasteiger partial charge in [-0.1, -0.05) is 99.7 Å². The highest BCUT2D eigenvalue weighted by Gasteiger charge is 2.34. The smallest absolute Gasteiger partial charge is 0.161 e. The van der Waals surface area contributed by atoms with Crippen LogP contribution in [0.4, 0.5) is 17.6 Å². The molecule has 1 aromatic carbocycles. The van der Waals surface area contributed by atoms with Gasteiger partial charge in [-0.05, 0) is 77.0 Å². The average molecular weight is 525 g/mol. The Labute approximate surface area is 225 Å². The molecule has 204 valence electrons. The molecular weight excluding hydrogens is 484 g/mol. The predicted octanol–water partition coefficient (Wildman–Crippen LogP) is 10.3. The van der Waals surface area contributed by atoms with Crippen molar-refractivity contribution in [2.75, 3.05) is 0 Å². The Balaban J connectivity index is 1.44. The summed E-state index contributed by atoms with van der Waals surface area (Å²) in [5.74, 6) is 0.394. The van der Waals surface area contributed by atoms with Gasteiger partial charge in [-0.15, -0.1) is 6.58 Å². The minimum absolute atomic E-state index is 0.270. The third-order valence-corrected chi connectivity index (χ3v) is 8.21. The summed E-state index contributed by atoms with van der Waals surface area (Å²) in [6, 6.07) is 6.69. The second kappa shape index (κ2) is 13.4. The van der Waals surface area contributed by atoms with Gasteiger partial charge in [0.2, 0.25) is 0 Å². The molecule has 0 amide bonds. The molecule has 0 saturated heterocycles. The Morgan fingerprint density at radius 3 is 1.89 bits per heavy atom. The normalized spacial score (nSPS) is 27.6. The van der Waals surface area contributed by atoms with Crippen molar-refractivity contribution in [1.82, 2.24) is 0 Å². The number of benzene rings is 1. The molecule has 0 aromatic heterocycles. The summed E-state index contributed by atoms with van der Waals surface area (Å²) in [6.45, 7) is 6.00. The van der Waals surface area contributed by atoms with E-state index in [9.17, 15) is 4.39 Å². The Morgan fingerprint density at radius 2 is 1.29 bits per heavy atom. The molecule has 4 rings (SSSR count). The van der Waals surface area contributed by atoms with Gasteiger partial charge in [0.05, 0.1) is 0 Å². The summed E-state index contributed by atoms with van der Waals surface area (Å²) >= 11 is 0.